The fourth-order valence-corrected chi connectivity index (χ4v) is 9.95. The number of ether oxygens (including phenoxy) is 12. The Kier molecular flexibility index (Phi) is 58.7. The molecule has 0 saturated carbocycles. The first-order valence-corrected chi connectivity index (χ1v) is 37.5. The normalized spacial score (nSPS) is 13.1. The minimum atomic E-state index is -0.721. The van der Waals surface area contributed by atoms with Crippen LogP contribution < -0.4 is 11.1 Å². The molecule has 33 nitrogen and oxygen atoms in total. The third kappa shape index (κ3) is 44.3. The number of carbonyl (C=O) groups is 10. The minimum Gasteiger partial charge on any atom is -0.382 e. The van der Waals surface area contributed by atoms with E-state index in [0.29, 0.717) is 85.0 Å². The molecule has 10 amide bonds. The van der Waals surface area contributed by atoms with E-state index in [1.54, 1.807) is 56.1 Å². The predicted octanol–water partition coefficient (Wildman–Crippen LogP) is 1.03. The third-order valence-electron chi connectivity index (χ3n) is 17.9. The van der Waals surface area contributed by atoms with Gasteiger partial charge in [-0.2, -0.15) is 0 Å². The van der Waals surface area contributed by atoms with Crippen LogP contribution in [-0.4, -0.2) is 392 Å². The van der Waals surface area contributed by atoms with E-state index >= 15 is 14.4 Å². The second kappa shape index (κ2) is 62.1. The lowest BCUT2D eigenvalue weighted by Gasteiger charge is -2.36. The van der Waals surface area contributed by atoms with Crippen molar-refractivity contribution in [3.8, 4) is 0 Å². The zero-order chi connectivity index (χ0) is 78.9. The van der Waals surface area contributed by atoms with Crippen molar-refractivity contribution in [1.29, 1.82) is 0 Å². The highest BCUT2D eigenvalue weighted by Gasteiger charge is 2.35. The lowest BCUT2D eigenvalue weighted by Crippen LogP contribution is -2.56. The van der Waals surface area contributed by atoms with Crippen LogP contribution in [0.1, 0.15) is 122 Å². The molecule has 105 heavy (non-hydrogen) atoms. The molecule has 0 aliphatic heterocycles. The largest absolute Gasteiger partial charge is 0.382 e. The van der Waals surface area contributed by atoms with E-state index < -0.39 is 117 Å². The molecule has 612 valence electrons. The van der Waals surface area contributed by atoms with Gasteiger partial charge in [0.1, 0.15) is 26.2 Å². The number of methoxy groups -OCH3 is 4. The molecule has 0 rings (SSSR count). The fourth-order valence-electron chi connectivity index (χ4n) is 9.95. The first-order valence-electron chi connectivity index (χ1n) is 37.5. The van der Waals surface area contributed by atoms with Gasteiger partial charge in [0.05, 0.1) is 171 Å². The smallest absolute Gasteiger partial charge is 0.242 e. The highest BCUT2D eigenvalue weighted by molar-refractivity contribution is 5.94. The molecule has 0 spiro atoms. The molecule has 0 aromatic carbocycles. The molecule has 0 aromatic rings. The van der Waals surface area contributed by atoms with E-state index in [1.165, 1.54) is 44.1 Å². The number of amides is 10. The van der Waals surface area contributed by atoms with Gasteiger partial charge in [-0.05, 0) is 80.1 Å². The number of rotatable bonds is 68. The Balaban J connectivity index is 7.65. The Morgan fingerprint density at radius 2 is 0.467 bits per heavy atom. The first kappa shape index (κ1) is 99.2. The number of nitrogens with one attached hydrogen (secondary N) is 1. The van der Waals surface area contributed by atoms with Gasteiger partial charge in [0.15, 0.2) is 0 Å². The molecule has 6 unspecified atom stereocenters. The van der Waals surface area contributed by atoms with Crippen molar-refractivity contribution in [3.05, 3.63) is 0 Å². The summed E-state index contributed by atoms with van der Waals surface area (Å²) in [5.41, 5.74) is 5.56. The monoisotopic (exact) mass is 1510 g/mol. The molecule has 3 N–H and O–H groups in total. The molecule has 0 heterocycles. The molecule has 0 radical (unpaired) electrons. The van der Waals surface area contributed by atoms with Crippen LogP contribution in [0.4, 0.5) is 0 Å². The summed E-state index contributed by atoms with van der Waals surface area (Å²) >= 11 is 0. The number of hydrogen-bond acceptors (Lipinski definition) is 23. The summed E-state index contributed by atoms with van der Waals surface area (Å²) in [6.45, 7) is 21.3. The second-order valence-electron chi connectivity index (χ2n) is 25.7. The highest BCUT2D eigenvalue weighted by Crippen LogP contribution is 2.15. The topological polar surface area (TPSA) is 349 Å². The average molecular weight is 1510 g/mol. The Labute approximate surface area is 626 Å². The minimum absolute atomic E-state index is 0.000724. The maximum absolute atomic E-state index is 15.1. The Morgan fingerprint density at radius 3 is 0.705 bits per heavy atom. The molecular formula is C72H137N11O22. The van der Waals surface area contributed by atoms with Crippen molar-refractivity contribution in [2.75, 3.05) is 252 Å². The summed E-state index contributed by atoms with van der Waals surface area (Å²) in [4.78, 5) is 156. The van der Waals surface area contributed by atoms with E-state index in [-0.39, 0.29) is 149 Å². The van der Waals surface area contributed by atoms with Crippen molar-refractivity contribution in [3.63, 3.8) is 0 Å². The highest BCUT2D eigenvalue weighted by atomic mass is 16.6. The molecule has 0 aliphatic carbocycles. The summed E-state index contributed by atoms with van der Waals surface area (Å²) in [5.74, 6) is -5.85. The Hall–Kier alpha value is -5.82. The van der Waals surface area contributed by atoms with E-state index in [0.717, 1.165) is 6.42 Å². The van der Waals surface area contributed by atoms with Crippen LogP contribution in [0.15, 0.2) is 0 Å². The predicted molar refractivity (Wildman–Crippen MR) is 395 cm³/mol. The van der Waals surface area contributed by atoms with Gasteiger partial charge < -0.3 is 112 Å². The number of nitrogens with zero attached hydrogens (tertiary/aromatic N) is 9. The zero-order valence-electron chi connectivity index (χ0n) is 66.8. The number of carbonyl (C=O) groups excluding carboxylic acids is 10. The SMILES string of the molecule is CCC(C)NCC(=O)N(CC(=O)N(CCOCCOCCOC)CC(=O)N(CCOCCOCCOC)CC(=O)N(CC(=O)N(CC(=O)N(CCOCCOCCOC)CC(=O)N(CCOCCOCCOC)CC(=O)N(CC(=O)N(CC(N)=O)C(C)CC)C(C)CC)C(C)CC)C(C)CC)C(C)CC. The van der Waals surface area contributed by atoms with Crippen molar-refractivity contribution in [2.45, 2.75) is 158 Å². The standard InChI is InChI=1S/C72H137N11O22/c1-17-57(7)74-47-64(85)80(59(9)19-3)53-67(88)75(23-27-98-39-43-102-35-31-94-13)49-65(86)78(26-30-101-42-46-105-38-34-97-16)52-70(91)83(62(12)22-6)56-72(93)81(60(10)20-4)54-68(89)76(24-28-99-40-44-103-36-32-95-14)50-66(87)77(25-29-100-41-45-104-37-33-96-15)51-69(90)82(61(11)21-5)55-71(92)79(48-63(73)84)58(8)18-2/h57-62,74H,17-56H2,1-16H3,(H2,73,84). The van der Waals surface area contributed by atoms with Gasteiger partial charge in [0, 0.05) is 90.9 Å². The van der Waals surface area contributed by atoms with Crippen LogP contribution in [0.3, 0.4) is 0 Å². The second-order valence-corrected chi connectivity index (χ2v) is 25.7. The average Bonchev–Trinajstić information content (AvgIpc) is 0.847. The molecule has 0 aliphatic rings. The first-order chi connectivity index (χ1) is 50.3. The third-order valence-corrected chi connectivity index (χ3v) is 17.9. The molecule has 33 heteroatoms. The summed E-state index contributed by atoms with van der Waals surface area (Å²) in [6, 6.07) is -2.35. The number of nitrogens with two attached hydrogens (primary N) is 1. The van der Waals surface area contributed by atoms with Crippen LogP contribution in [0.5, 0.6) is 0 Å². The lowest BCUT2D eigenvalue weighted by molar-refractivity contribution is -0.151. The van der Waals surface area contributed by atoms with Crippen molar-refractivity contribution in [2.24, 2.45) is 5.73 Å². The van der Waals surface area contributed by atoms with Crippen LogP contribution in [0.25, 0.3) is 0 Å². The van der Waals surface area contributed by atoms with Gasteiger partial charge in [-0.3, -0.25) is 47.9 Å². The summed E-state index contributed by atoms with van der Waals surface area (Å²) in [7, 11) is 6.21. The maximum Gasteiger partial charge on any atom is 0.242 e. The van der Waals surface area contributed by atoms with Crippen LogP contribution in [0, 0.1) is 0 Å². The van der Waals surface area contributed by atoms with Gasteiger partial charge in [0.2, 0.25) is 59.1 Å². The quantitative estimate of drug-likeness (QED) is 0.0803. The van der Waals surface area contributed by atoms with E-state index in [2.05, 4.69) is 5.32 Å². The van der Waals surface area contributed by atoms with Gasteiger partial charge in [-0.15, -0.1) is 0 Å². The van der Waals surface area contributed by atoms with Crippen LogP contribution >= 0.6 is 0 Å². The van der Waals surface area contributed by atoms with Crippen LogP contribution in [-0.2, 0) is 105 Å². The summed E-state index contributed by atoms with van der Waals surface area (Å²) in [5, 5.41) is 3.21. The van der Waals surface area contributed by atoms with E-state index in [1.807, 2.05) is 55.4 Å². The summed E-state index contributed by atoms with van der Waals surface area (Å²) < 4.78 is 66.1. The van der Waals surface area contributed by atoms with Gasteiger partial charge in [-0.25, -0.2) is 0 Å². The van der Waals surface area contributed by atoms with E-state index in [4.69, 9.17) is 62.6 Å². The Bertz CT molecular complexity index is 2390. The van der Waals surface area contributed by atoms with Crippen molar-refractivity contribution >= 4 is 59.1 Å². The molecule has 0 saturated heterocycles. The maximum atomic E-state index is 15.1. The summed E-state index contributed by atoms with van der Waals surface area (Å²) in [6.07, 6.45) is 3.00. The lowest BCUT2D eigenvalue weighted by atomic mass is 10.1. The fraction of sp³-hybridized carbons (Fsp3) is 0.861. The zero-order valence-corrected chi connectivity index (χ0v) is 66.8. The number of hydrogen-bond donors (Lipinski definition) is 2. The molecule has 0 fully saturated rings. The molecule has 0 aromatic heterocycles. The number of primary amides is 1. The van der Waals surface area contributed by atoms with Crippen molar-refractivity contribution in [1.82, 2.24) is 49.4 Å². The molecular weight excluding hydrogens is 1370 g/mol. The van der Waals surface area contributed by atoms with Crippen molar-refractivity contribution < 1.29 is 105 Å². The molecule has 6 atom stereocenters. The molecule has 0 bridgehead atoms. The van der Waals surface area contributed by atoms with Gasteiger partial charge >= 0.3 is 0 Å². The van der Waals surface area contributed by atoms with E-state index in [9.17, 15) is 33.6 Å². The van der Waals surface area contributed by atoms with Crippen LogP contribution in [0.2, 0.25) is 0 Å². The van der Waals surface area contributed by atoms with Gasteiger partial charge in [-0.1, -0.05) is 41.5 Å². The Morgan fingerprint density at radius 1 is 0.267 bits per heavy atom. The van der Waals surface area contributed by atoms with Gasteiger partial charge in [0.25, 0.3) is 0 Å².